The van der Waals surface area contributed by atoms with E-state index in [1.54, 1.807) is 6.92 Å². The lowest BCUT2D eigenvalue weighted by atomic mass is 9.92. The van der Waals surface area contributed by atoms with Gasteiger partial charge in [0, 0.05) is 44.3 Å². The van der Waals surface area contributed by atoms with Crippen LogP contribution in [0, 0.1) is 12.8 Å². The molecule has 0 unspecified atom stereocenters. The van der Waals surface area contributed by atoms with Crippen LogP contribution in [0.2, 0.25) is 0 Å². The number of Topliss-reactive ketones (excluding diaryl/α,β-unsaturated/α-hetero) is 1. The lowest BCUT2D eigenvalue weighted by molar-refractivity contribution is -0.153. The molecule has 0 saturated carbocycles. The summed E-state index contributed by atoms with van der Waals surface area (Å²) in [6, 6.07) is 0. The Hall–Kier alpha value is -2.05. The van der Waals surface area contributed by atoms with Gasteiger partial charge >= 0.3 is 6.18 Å². The van der Waals surface area contributed by atoms with Crippen molar-refractivity contribution in [3.05, 3.63) is 22.3 Å². The van der Waals surface area contributed by atoms with Crippen LogP contribution in [0.25, 0.3) is 0 Å². The molecule has 4 rings (SSSR count). The van der Waals surface area contributed by atoms with Gasteiger partial charge in [-0.1, -0.05) is 16.5 Å². The maximum atomic E-state index is 12.3. The molecule has 34 heavy (non-hydrogen) atoms. The first-order valence-corrected chi connectivity index (χ1v) is 12.4. The lowest BCUT2D eigenvalue weighted by Gasteiger charge is -2.30. The summed E-state index contributed by atoms with van der Waals surface area (Å²) in [4.78, 5) is 24.0. The molecule has 1 fully saturated rings. The largest absolute Gasteiger partial charge is 0.460 e. The van der Waals surface area contributed by atoms with Gasteiger partial charge in [-0.2, -0.15) is 18.2 Å². The molecular formula is C22H29F3N4O4S. The number of halogens is 3. The fourth-order valence-corrected chi connectivity index (χ4v) is 5.32. The average Bonchev–Trinajstić information content (AvgIpc) is 3.32. The van der Waals surface area contributed by atoms with Crippen molar-refractivity contribution in [2.45, 2.75) is 64.1 Å². The monoisotopic (exact) mass is 502 g/mol. The molecule has 0 amide bonds. The number of carbonyl (C=O) groups excluding carboxylic acids is 1. The van der Waals surface area contributed by atoms with E-state index in [4.69, 9.17) is 14.0 Å². The van der Waals surface area contributed by atoms with Crippen LogP contribution < -0.4 is 4.74 Å². The maximum Gasteiger partial charge on any atom is 0.422 e. The minimum absolute atomic E-state index is 0.102. The van der Waals surface area contributed by atoms with Crippen molar-refractivity contribution >= 4 is 17.1 Å². The predicted octanol–water partition coefficient (Wildman–Crippen LogP) is 3.56. The molecule has 0 aliphatic carbocycles. The highest BCUT2D eigenvalue weighted by atomic mass is 32.1. The maximum absolute atomic E-state index is 12.3. The molecule has 0 aromatic carbocycles. The van der Waals surface area contributed by atoms with Gasteiger partial charge in [0.1, 0.15) is 5.78 Å². The molecule has 2 aromatic rings. The van der Waals surface area contributed by atoms with E-state index in [0.29, 0.717) is 31.2 Å². The van der Waals surface area contributed by atoms with Gasteiger partial charge in [-0.25, -0.2) is 4.98 Å². The number of alkyl halides is 3. The van der Waals surface area contributed by atoms with Crippen molar-refractivity contribution in [2.24, 2.45) is 5.92 Å². The van der Waals surface area contributed by atoms with Crippen LogP contribution >= 0.6 is 11.3 Å². The van der Waals surface area contributed by atoms with Crippen LogP contribution in [0.15, 0.2) is 4.52 Å². The van der Waals surface area contributed by atoms with Crippen molar-refractivity contribution in [2.75, 3.05) is 32.8 Å². The van der Waals surface area contributed by atoms with Gasteiger partial charge < -0.3 is 18.9 Å². The molecule has 4 heterocycles. The molecule has 0 N–H and O–H groups in total. The molecule has 188 valence electrons. The van der Waals surface area contributed by atoms with E-state index in [9.17, 15) is 18.0 Å². The van der Waals surface area contributed by atoms with Crippen LogP contribution in [-0.2, 0) is 28.8 Å². The van der Waals surface area contributed by atoms with E-state index in [1.165, 1.54) is 11.3 Å². The SMILES string of the molecule is Cc1nc(CC(=O)C[C@H]2CC[C@H](CCN3CCc4nc(OCC(F)(F)F)sc4CC3)OC2)no1. The Labute approximate surface area is 199 Å². The molecule has 8 nitrogen and oxygen atoms in total. The number of aryl methyl sites for hydroxylation is 1. The Kier molecular flexibility index (Phi) is 8.20. The number of hydrogen-bond donors (Lipinski definition) is 0. The van der Waals surface area contributed by atoms with E-state index in [0.717, 1.165) is 55.9 Å². The second-order valence-electron chi connectivity index (χ2n) is 8.93. The Morgan fingerprint density at radius 3 is 2.76 bits per heavy atom. The summed E-state index contributed by atoms with van der Waals surface area (Å²) in [7, 11) is 0. The third-order valence-corrected chi connectivity index (χ3v) is 7.18. The van der Waals surface area contributed by atoms with Crippen LogP contribution in [-0.4, -0.2) is 70.9 Å². The number of ether oxygens (including phenoxy) is 2. The highest BCUT2D eigenvalue weighted by molar-refractivity contribution is 7.13. The summed E-state index contributed by atoms with van der Waals surface area (Å²) in [5, 5.41) is 3.88. The van der Waals surface area contributed by atoms with Crippen molar-refractivity contribution in [1.29, 1.82) is 0 Å². The first-order valence-electron chi connectivity index (χ1n) is 11.6. The normalized spacial score (nSPS) is 21.8. The van der Waals surface area contributed by atoms with Gasteiger partial charge in [-0.3, -0.25) is 4.79 Å². The third kappa shape index (κ3) is 7.47. The molecule has 0 bridgehead atoms. The summed E-state index contributed by atoms with van der Waals surface area (Å²) in [5.41, 5.74) is 0.849. The zero-order chi connectivity index (χ0) is 24.1. The summed E-state index contributed by atoms with van der Waals surface area (Å²) < 4.78 is 52.8. The number of nitrogens with zero attached hydrogens (tertiary/aromatic N) is 4. The average molecular weight is 503 g/mol. The molecule has 0 spiro atoms. The highest BCUT2D eigenvalue weighted by Crippen LogP contribution is 2.30. The topological polar surface area (TPSA) is 90.6 Å². The fourth-order valence-electron chi connectivity index (χ4n) is 4.37. The number of rotatable bonds is 9. The molecule has 1 saturated heterocycles. The number of aromatic nitrogens is 3. The van der Waals surface area contributed by atoms with Crippen LogP contribution in [0.5, 0.6) is 5.19 Å². The summed E-state index contributed by atoms with van der Waals surface area (Å²) in [6.07, 6.45) is 0.776. The van der Waals surface area contributed by atoms with Gasteiger partial charge in [0.2, 0.25) is 5.89 Å². The molecule has 2 aliphatic rings. The number of fused-ring (bicyclic) bond motifs is 1. The molecule has 2 atom stereocenters. The van der Waals surface area contributed by atoms with E-state index < -0.39 is 12.8 Å². The van der Waals surface area contributed by atoms with Crippen LogP contribution in [0.1, 0.15) is 48.0 Å². The van der Waals surface area contributed by atoms with E-state index in [2.05, 4.69) is 20.0 Å². The quantitative estimate of drug-likeness (QED) is 0.514. The van der Waals surface area contributed by atoms with E-state index in [1.807, 2.05) is 0 Å². The van der Waals surface area contributed by atoms with Gasteiger partial charge in [0.05, 0.1) is 24.8 Å². The third-order valence-electron chi connectivity index (χ3n) is 6.11. The van der Waals surface area contributed by atoms with Crippen LogP contribution in [0.3, 0.4) is 0 Å². The van der Waals surface area contributed by atoms with Crippen molar-refractivity contribution in [3.63, 3.8) is 0 Å². The molecular weight excluding hydrogens is 473 g/mol. The summed E-state index contributed by atoms with van der Waals surface area (Å²) >= 11 is 1.22. The second-order valence-corrected chi connectivity index (χ2v) is 9.98. The fraction of sp³-hybridized carbons (Fsp3) is 0.727. The summed E-state index contributed by atoms with van der Waals surface area (Å²) in [5.74, 6) is 1.23. The lowest BCUT2D eigenvalue weighted by Crippen LogP contribution is -2.33. The molecule has 0 radical (unpaired) electrons. The highest BCUT2D eigenvalue weighted by Gasteiger charge is 2.30. The standard InChI is InChI=1S/C22H29F3N4O4S/c1-14-26-20(28-33-14)11-16(30)10-15-2-3-17(31-12-15)4-7-29-8-5-18-19(6-9-29)34-21(27-18)32-13-22(23,24)25/h15,17H,2-13H2,1H3/t15-,17-/m1/s1. The first-order chi connectivity index (χ1) is 16.2. The van der Waals surface area contributed by atoms with E-state index in [-0.39, 0.29) is 29.4 Å². The number of thiazole rings is 1. The molecule has 2 aromatic heterocycles. The Morgan fingerprint density at radius 2 is 2.06 bits per heavy atom. The van der Waals surface area contributed by atoms with Gasteiger partial charge in [-0.15, -0.1) is 0 Å². The minimum Gasteiger partial charge on any atom is -0.460 e. The Bertz CT molecular complexity index is 931. The van der Waals surface area contributed by atoms with Gasteiger partial charge in [0.15, 0.2) is 12.4 Å². The first kappa shape index (κ1) is 25.1. The predicted molar refractivity (Wildman–Crippen MR) is 117 cm³/mol. The Balaban J connectivity index is 1.13. The van der Waals surface area contributed by atoms with Crippen molar-refractivity contribution in [1.82, 2.24) is 20.0 Å². The Morgan fingerprint density at radius 1 is 1.24 bits per heavy atom. The number of carbonyl (C=O) groups is 1. The molecule has 12 heteroatoms. The van der Waals surface area contributed by atoms with Crippen molar-refractivity contribution in [3.8, 4) is 5.19 Å². The zero-order valence-electron chi connectivity index (χ0n) is 19.1. The zero-order valence-corrected chi connectivity index (χ0v) is 19.9. The van der Waals surface area contributed by atoms with Gasteiger partial charge in [-0.05, 0) is 31.6 Å². The molecule has 2 aliphatic heterocycles. The number of ketones is 1. The van der Waals surface area contributed by atoms with Crippen LogP contribution in [0.4, 0.5) is 13.2 Å². The summed E-state index contributed by atoms with van der Waals surface area (Å²) in [6.45, 7) is 3.54. The van der Waals surface area contributed by atoms with Gasteiger partial charge in [0.25, 0.3) is 5.19 Å². The second kappa shape index (κ2) is 11.1. The number of hydrogen-bond acceptors (Lipinski definition) is 9. The minimum atomic E-state index is -4.36. The van der Waals surface area contributed by atoms with Crippen molar-refractivity contribution < 1.29 is 32.0 Å². The van der Waals surface area contributed by atoms with E-state index >= 15 is 0 Å². The smallest absolute Gasteiger partial charge is 0.422 e.